The van der Waals surface area contributed by atoms with Gasteiger partial charge in [0, 0.05) is 27.7 Å². The van der Waals surface area contributed by atoms with Gasteiger partial charge in [0.25, 0.3) is 0 Å². The van der Waals surface area contributed by atoms with Crippen LogP contribution < -0.4 is 5.32 Å². The molecule has 0 saturated carbocycles. The SMILES string of the molecule is O=C(O)c1cc(-c2ccc(NCc3cnc(Cl)s3)cc2)nc2ccccc12. The number of pyridine rings is 1. The molecule has 5 nitrogen and oxygen atoms in total. The van der Waals surface area contributed by atoms with Crippen molar-refractivity contribution in [1.29, 1.82) is 0 Å². The highest BCUT2D eigenvalue weighted by atomic mass is 35.5. The number of para-hydroxylation sites is 1. The van der Waals surface area contributed by atoms with E-state index in [0.717, 1.165) is 16.1 Å². The van der Waals surface area contributed by atoms with Gasteiger partial charge in [-0.2, -0.15) is 0 Å². The first-order valence-electron chi connectivity index (χ1n) is 8.18. The van der Waals surface area contributed by atoms with Gasteiger partial charge >= 0.3 is 5.97 Å². The molecule has 0 amide bonds. The Kier molecular flexibility index (Phi) is 4.75. The predicted molar refractivity (Wildman–Crippen MR) is 109 cm³/mol. The van der Waals surface area contributed by atoms with Gasteiger partial charge in [-0.3, -0.25) is 0 Å². The molecule has 4 aromatic rings. The fourth-order valence-corrected chi connectivity index (χ4v) is 3.73. The minimum absolute atomic E-state index is 0.250. The summed E-state index contributed by atoms with van der Waals surface area (Å²) in [5.41, 5.74) is 3.35. The summed E-state index contributed by atoms with van der Waals surface area (Å²) in [5, 5.41) is 13.5. The summed E-state index contributed by atoms with van der Waals surface area (Å²) in [5.74, 6) is -0.962. The average Bonchev–Trinajstić information content (AvgIpc) is 3.11. The number of nitrogens with one attached hydrogen (secondary N) is 1. The lowest BCUT2D eigenvalue weighted by molar-refractivity contribution is 0.0699. The number of carboxylic acids is 1. The zero-order valence-electron chi connectivity index (χ0n) is 14.0. The Balaban J connectivity index is 1.61. The first-order chi connectivity index (χ1) is 13.1. The number of aromatic nitrogens is 2. The van der Waals surface area contributed by atoms with Crippen LogP contribution >= 0.6 is 22.9 Å². The molecule has 4 rings (SSSR count). The summed E-state index contributed by atoms with van der Waals surface area (Å²) in [6, 6.07) is 16.6. The van der Waals surface area contributed by atoms with Gasteiger partial charge in [0.15, 0.2) is 4.47 Å². The van der Waals surface area contributed by atoms with Gasteiger partial charge in [-0.05, 0) is 24.3 Å². The lowest BCUT2D eigenvalue weighted by Gasteiger charge is -2.09. The molecule has 134 valence electrons. The van der Waals surface area contributed by atoms with E-state index in [4.69, 9.17) is 11.6 Å². The first kappa shape index (κ1) is 17.5. The molecule has 0 atom stereocenters. The number of hydrogen-bond acceptors (Lipinski definition) is 5. The van der Waals surface area contributed by atoms with Crippen LogP contribution in [0.2, 0.25) is 4.47 Å². The number of carboxylic acid groups (broad SMARTS) is 1. The number of aromatic carboxylic acids is 1. The van der Waals surface area contributed by atoms with Crippen LogP contribution in [0.5, 0.6) is 0 Å². The molecular weight excluding hydrogens is 382 g/mol. The molecule has 0 aliphatic carbocycles. The van der Waals surface area contributed by atoms with Crippen molar-refractivity contribution in [2.24, 2.45) is 0 Å². The van der Waals surface area contributed by atoms with Crippen LogP contribution in [0.25, 0.3) is 22.2 Å². The Morgan fingerprint density at radius 2 is 1.93 bits per heavy atom. The van der Waals surface area contributed by atoms with E-state index in [1.165, 1.54) is 11.3 Å². The van der Waals surface area contributed by atoms with Crippen molar-refractivity contribution in [3.63, 3.8) is 0 Å². The first-order valence-corrected chi connectivity index (χ1v) is 9.37. The van der Waals surface area contributed by atoms with Crippen LogP contribution in [0.3, 0.4) is 0 Å². The summed E-state index contributed by atoms with van der Waals surface area (Å²) in [4.78, 5) is 21.3. The third-order valence-corrected chi connectivity index (χ3v) is 5.23. The number of thiazole rings is 1. The van der Waals surface area contributed by atoms with Crippen molar-refractivity contribution in [2.45, 2.75) is 6.54 Å². The number of halogens is 1. The van der Waals surface area contributed by atoms with Crippen LogP contribution in [-0.2, 0) is 6.54 Å². The number of fused-ring (bicyclic) bond motifs is 1. The molecule has 2 aromatic carbocycles. The van der Waals surface area contributed by atoms with Crippen molar-refractivity contribution in [2.75, 3.05) is 5.32 Å². The zero-order valence-corrected chi connectivity index (χ0v) is 15.6. The standard InChI is InChI=1S/C20H14ClN3O2S/c21-20-23-11-14(27-20)10-22-13-7-5-12(6-8-13)18-9-16(19(25)26)15-3-1-2-4-17(15)24-18/h1-9,11,22H,10H2,(H,25,26). The second-order valence-electron chi connectivity index (χ2n) is 5.89. The average molecular weight is 396 g/mol. The minimum atomic E-state index is -0.962. The number of nitrogens with zero attached hydrogens (tertiary/aromatic N) is 2. The Hall–Kier alpha value is -2.96. The molecule has 0 spiro atoms. The Bertz CT molecular complexity index is 1130. The van der Waals surface area contributed by atoms with E-state index in [2.05, 4.69) is 15.3 Å². The largest absolute Gasteiger partial charge is 0.478 e. The van der Waals surface area contributed by atoms with Crippen LogP contribution in [0.1, 0.15) is 15.2 Å². The maximum absolute atomic E-state index is 11.6. The highest BCUT2D eigenvalue weighted by Gasteiger charge is 2.12. The van der Waals surface area contributed by atoms with Gasteiger partial charge in [0.2, 0.25) is 0 Å². The van der Waals surface area contributed by atoms with Crippen LogP contribution in [0.4, 0.5) is 5.69 Å². The van der Waals surface area contributed by atoms with Crippen molar-refractivity contribution in [3.8, 4) is 11.3 Å². The Morgan fingerprint density at radius 1 is 1.15 bits per heavy atom. The second-order valence-corrected chi connectivity index (χ2v) is 7.59. The molecular formula is C20H14ClN3O2S. The smallest absolute Gasteiger partial charge is 0.336 e. The van der Waals surface area contributed by atoms with Gasteiger partial charge in [-0.1, -0.05) is 41.9 Å². The predicted octanol–water partition coefficient (Wildman–Crippen LogP) is 5.32. The van der Waals surface area contributed by atoms with Crippen LogP contribution in [0.15, 0.2) is 60.8 Å². The van der Waals surface area contributed by atoms with E-state index in [9.17, 15) is 9.90 Å². The second kappa shape index (κ2) is 7.34. The summed E-state index contributed by atoms with van der Waals surface area (Å²) < 4.78 is 0.527. The minimum Gasteiger partial charge on any atom is -0.478 e. The maximum Gasteiger partial charge on any atom is 0.336 e. The van der Waals surface area contributed by atoms with Crippen molar-refractivity contribution in [1.82, 2.24) is 9.97 Å². The highest BCUT2D eigenvalue weighted by molar-refractivity contribution is 7.15. The third-order valence-electron chi connectivity index (χ3n) is 4.12. The summed E-state index contributed by atoms with van der Waals surface area (Å²) >= 11 is 7.28. The van der Waals surface area contributed by atoms with E-state index in [1.54, 1.807) is 18.3 Å². The molecule has 0 bridgehead atoms. The van der Waals surface area contributed by atoms with E-state index < -0.39 is 5.97 Å². The third kappa shape index (κ3) is 3.77. The number of rotatable bonds is 5. The maximum atomic E-state index is 11.6. The van der Waals surface area contributed by atoms with Crippen molar-refractivity contribution < 1.29 is 9.90 Å². The van der Waals surface area contributed by atoms with Gasteiger partial charge < -0.3 is 10.4 Å². The topological polar surface area (TPSA) is 75.1 Å². The lowest BCUT2D eigenvalue weighted by Crippen LogP contribution is -2.00. The summed E-state index contributed by atoms with van der Waals surface area (Å²) in [6.45, 7) is 0.640. The molecule has 2 N–H and O–H groups in total. The Labute approximate surface area is 164 Å². The fraction of sp³-hybridized carbons (Fsp3) is 0.0500. The van der Waals surface area contributed by atoms with E-state index in [-0.39, 0.29) is 5.56 Å². The number of hydrogen-bond donors (Lipinski definition) is 2. The molecule has 7 heteroatoms. The van der Waals surface area contributed by atoms with Gasteiger partial charge in [0.1, 0.15) is 0 Å². The van der Waals surface area contributed by atoms with Crippen LogP contribution in [-0.4, -0.2) is 21.0 Å². The molecule has 0 unspecified atom stereocenters. The molecule has 0 aliphatic rings. The number of anilines is 1. The highest BCUT2D eigenvalue weighted by Crippen LogP contribution is 2.26. The molecule has 2 aromatic heterocycles. The van der Waals surface area contributed by atoms with Crippen molar-refractivity contribution >= 4 is 45.5 Å². The molecule has 0 aliphatic heterocycles. The van der Waals surface area contributed by atoms with Gasteiger partial charge in [0.05, 0.1) is 23.3 Å². The lowest BCUT2D eigenvalue weighted by atomic mass is 10.0. The number of carbonyl (C=O) groups is 1. The molecule has 0 radical (unpaired) electrons. The monoisotopic (exact) mass is 395 g/mol. The van der Waals surface area contributed by atoms with E-state index >= 15 is 0 Å². The Morgan fingerprint density at radius 3 is 2.63 bits per heavy atom. The van der Waals surface area contributed by atoms with E-state index in [1.807, 2.05) is 42.5 Å². The fourth-order valence-electron chi connectivity index (χ4n) is 2.81. The zero-order chi connectivity index (χ0) is 18.8. The molecule has 2 heterocycles. The van der Waals surface area contributed by atoms with Gasteiger partial charge in [-0.25, -0.2) is 14.8 Å². The van der Waals surface area contributed by atoms with Crippen molar-refractivity contribution in [3.05, 3.63) is 75.7 Å². The quantitative estimate of drug-likeness (QED) is 0.478. The molecule has 27 heavy (non-hydrogen) atoms. The molecule has 0 saturated heterocycles. The summed E-state index contributed by atoms with van der Waals surface area (Å²) in [6.07, 6.45) is 1.75. The normalized spacial score (nSPS) is 10.9. The van der Waals surface area contributed by atoms with Crippen LogP contribution in [0, 0.1) is 0 Å². The van der Waals surface area contributed by atoms with E-state index in [0.29, 0.717) is 27.6 Å². The molecule has 0 fully saturated rings. The number of benzene rings is 2. The summed E-state index contributed by atoms with van der Waals surface area (Å²) in [7, 11) is 0. The van der Waals surface area contributed by atoms with Gasteiger partial charge in [-0.15, -0.1) is 11.3 Å².